The van der Waals surface area contributed by atoms with Gasteiger partial charge < -0.3 is 15.4 Å². The number of nitrogen functional groups attached to an aromatic ring is 1. The molecule has 0 unspecified atom stereocenters. The molecule has 21 heavy (non-hydrogen) atoms. The monoisotopic (exact) mass is 346 g/mol. The topological polar surface area (TPSA) is 55.6 Å². The van der Waals surface area contributed by atoms with Crippen LogP contribution >= 0.6 is 15.9 Å². The van der Waals surface area contributed by atoms with Gasteiger partial charge in [-0.15, -0.1) is 0 Å². The van der Waals surface area contributed by atoms with Gasteiger partial charge in [-0.25, -0.2) is 0 Å². The lowest BCUT2D eigenvalue weighted by Crippen LogP contribution is -2.23. The molecule has 0 atom stereocenters. The molecule has 0 fully saturated rings. The van der Waals surface area contributed by atoms with E-state index in [0.717, 1.165) is 21.3 Å². The molecule has 1 heterocycles. The maximum absolute atomic E-state index is 12.4. The lowest BCUT2D eigenvalue weighted by molar-refractivity contribution is 0.0766. The number of hydrogen-bond donors (Lipinski definition) is 1. The molecule has 108 valence electrons. The van der Waals surface area contributed by atoms with E-state index in [-0.39, 0.29) is 5.91 Å². The lowest BCUT2D eigenvalue weighted by Gasteiger charge is -2.16. The highest BCUT2D eigenvalue weighted by Crippen LogP contribution is 2.29. The van der Waals surface area contributed by atoms with Crippen LogP contribution in [0.15, 0.2) is 40.9 Å². The summed E-state index contributed by atoms with van der Waals surface area (Å²) in [6.07, 6.45) is 0. The van der Waals surface area contributed by atoms with Gasteiger partial charge in [0.2, 0.25) is 0 Å². The van der Waals surface area contributed by atoms with E-state index in [1.807, 2.05) is 35.2 Å². The van der Waals surface area contributed by atoms with Crippen LogP contribution in [0, 0.1) is 0 Å². The molecule has 0 saturated carbocycles. The molecule has 2 aromatic carbocycles. The zero-order valence-electron chi connectivity index (χ0n) is 11.6. The number of methoxy groups -OCH3 is 1. The van der Waals surface area contributed by atoms with Crippen LogP contribution in [0.5, 0.6) is 5.75 Å². The zero-order valence-corrected chi connectivity index (χ0v) is 13.2. The minimum absolute atomic E-state index is 0.0317. The molecule has 0 bridgehead atoms. The summed E-state index contributed by atoms with van der Waals surface area (Å²) in [5.41, 5.74) is 9.17. The fourth-order valence-electron chi connectivity index (χ4n) is 2.54. The van der Waals surface area contributed by atoms with E-state index in [2.05, 4.69) is 15.9 Å². The molecule has 0 aromatic heterocycles. The molecule has 0 radical (unpaired) electrons. The molecule has 1 aliphatic rings. The Labute approximate surface area is 131 Å². The SMILES string of the molecule is COc1ccc(CN2Cc3ccc(N)cc3C2=O)cc1Br. The summed E-state index contributed by atoms with van der Waals surface area (Å²) in [6.45, 7) is 1.19. The molecule has 5 heteroatoms. The minimum Gasteiger partial charge on any atom is -0.496 e. The third-order valence-corrected chi connectivity index (χ3v) is 4.22. The third kappa shape index (κ3) is 2.61. The molecule has 1 amide bonds. The highest BCUT2D eigenvalue weighted by atomic mass is 79.9. The summed E-state index contributed by atoms with van der Waals surface area (Å²) < 4.78 is 6.10. The first kappa shape index (κ1) is 13.9. The van der Waals surface area contributed by atoms with Gasteiger partial charge in [0.15, 0.2) is 0 Å². The van der Waals surface area contributed by atoms with Crippen LogP contribution in [0.1, 0.15) is 21.5 Å². The minimum atomic E-state index is 0.0317. The number of carbonyl (C=O) groups excluding carboxylic acids is 1. The van der Waals surface area contributed by atoms with E-state index in [0.29, 0.717) is 24.3 Å². The molecule has 0 spiro atoms. The second kappa shape index (κ2) is 5.41. The quantitative estimate of drug-likeness (QED) is 0.868. The van der Waals surface area contributed by atoms with Crippen molar-refractivity contribution in [3.8, 4) is 5.75 Å². The van der Waals surface area contributed by atoms with Gasteiger partial charge in [0.1, 0.15) is 5.75 Å². The number of nitrogens with zero attached hydrogens (tertiary/aromatic N) is 1. The van der Waals surface area contributed by atoms with Crippen LogP contribution in [0.25, 0.3) is 0 Å². The van der Waals surface area contributed by atoms with Crippen molar-refractivity contribution in [2.24, 2.45) is 0 Å². The van der Waals surface area contributed by atoms with Crippen LogP contribution in [-0.4, -0.2) is 17.9 Å². The largest absolute Gasteiger partial charge is 0.496 e. The van der Waals surface area contributed by atoms with Crippen molar-refractivity contribution in [2.75, 3.05) is 12.8 Å². The number of ether oxygens (including phenoxy) is 1. The van der Waals surface area contributed by atoms with Crippen molar-refractivity contribution in [2.45, 2.75) is 13.1 Å². The van der Waals surface area contributed by atoms with Crippen LogP contribution in [0.2, 0.25) is 0 Å². The number of carbonyl (C=O) groups is 1. The van der Waals surface area contributed by atoms with E-state index in [1.165, 1.54) is 0 Å². The number of nitrogens with two attached hydrogens (primary N) is 1. The van der Waals surface area contributed by atoms with E-state index >= 15 is 0 Å². The Morgan fingerprint density at radius 1 is 1.29 bits per heavy atom. The first-order chi connectivity index (χ1) is 10.1. The van der Waals surface area contributed by atoms with Crippen LogP contribution < -0.4 is 10.5 Å². The van der Waals surface area contributed by atoms with Gasteiger partial charge >= 0.3 is 0 Å². The van der Waals surface area contributed by atoms with E-state index in [9.17, 15) is 4.79 Å². The molecule has 2 aromatic rings. The third-order valence-electron chi connectivity index (χ3n) is 3.60. The molecule has 0 aliphatic carbocycles. The van der Waals surface area contributed by atoms with Gasteiger partial charge in [0, 0.05) is 24.3 Å². The fourth-order valence-corrected chi connectivity index (χ4v) is 3.12. The predicted octanol–water partition coefficient (Wildman–Crippen LogP) is 3.20. The van der Waals surface area contributed by atoms with Gasteiger partial charge in [-0.3, -0.25) is 4.79 Å². The second-order valence-corrected chi connectivity index (χ2v) is 5.90. The Balaban J connectivity index is 1.81. The van der Waals surface area contributed by atoms with E-state index in [1.54, 1.807) is 13.2 Å². The molecule has 4 nitrogen and oxygen atoms in total. The number of rotatable bonds is 3. The second-order valence-electron chi connectivity index (χ2n) is 5.05. The highest BCUT2D eigenvalue weighted by Gasteiger charge is 2.27. The average molecular weight is 347 g/mol. The Kier molecular flexibility index (Phi) is 3.59. The number of benzene rings is 2. The number of anilines is 1. The molecule has 3 rings (SSSR count). The Morgan fingerprint density at radius 3 is 2.81 bits per heavy atom. The van der Waals surface area contributed by atoms with Gasteiger partial charge in [0.25, 0.3) is 5.91 Å². The van der Waals surface area contributed by atoms with Crippen LogP contribution in [-0.2, 0) is 13.1 Å². The zero-order chi connectivity index (χ0) is 15.0. The average Bonchev–Trinajstić information content (AvgIpc) is 2.76. The lowest BCUT2D eigenvalue weighted by atomic mass is 10.1. The Morgan fingerprint density at radius 2 is 2.10 bits per heavy atom. The Hall–Kier alpha value is -2.01. The fraction of sp³-hybridized carbons (Fsp3) is 0.188. The summed E-state index contributed by atoms with van der Waals surface area (Å²) in [6, 6.07) is 11.3. The van der Waals surface area contributed by atoms with E-state index < -0.39 is 0 Å². The van der Waals surface area contributed by atoms with Gasteiger partial charge in [-0.1, -0.05) is 12.1 Å². The van der Waals surface area contributed by atoms with Gasteiger partial charge in [-0.2, -0.15) is 0 Å². The Bertz CT molecular complexity index is 715. The molecular weight excluding hydrogens is 332 g/mol. The van der Waals surface area contributed by atoms with Crippen molar-refractivity contribution in [3.63, 3.8) is 0 Å². The molecule has 0 saturated heterocycles. The maximum atomic E-state index is 12.4. The number of halogens is 1. The van der Waals surface area contributed by atoms with Crippen molar-refractivity contribution < 1.29 is 9.53 Å². The summed E-state index contributed by atoms with van der Waals surface area (Å²) in [5.74, 6) is 0.812. The summed E-state index contributed by atoms with van der Waals surface area (Å²) in [4.78, 5) is 14.2. The molecular formula is C16H15BrN2O2. The van der Waals surface area contributed by atoms with Gasteiger partial charge in [-0.05, 0) is 51.3 Å². The van der Waals surface area contributed by atoms with Crippen molar-refractivity contribution in [1.82, 2.24) is 4.90 Å². The summed E-state index contributed by atoms with van der Waals surface area (Å²) >= 11 is 3.46. The molecule has 1 aliphatic heterocycles. The van der Waals surface area contributed by atoms with Gasteiger partial charge in [0.05, 0.1) is 11.6 Å². The highest BCUT2D eigenvalue weighted by molar-refractivity contribution is 9.10. The molecule has 2 N–H and O–H groups in total. The van der Waals surface area contributed by atoms with Crippen molar-refractivity contribution >= 4 is 27.5 Å². The first-order valence-electron chi connectivity index (χ1n) is 6.58. The number of amides is 1. The normalized spacial score (nSPS) is 13.4. The van der Waals surface area contributed by atoms with Crippen LogP contribution in [0.4, 0.5) is 5.69 Å². The summed E-state index contributed by atoms with van der Waals surface area (Å²) in [7, 11) is 1.63. The maximum Gasteiger partial charge on any atom is 0.254 e. The smallest absolute Gasteiger partial charge is 0.254 e. The first-order valence-corrected chi connectivity index (χ1v) is 7.38. The van der Waals surface area contributed by atoms with Crippen molar-refractivity contribution in [3.05, 3.63) is 57.6 Å². The van der Waals surface area contributed by atoms with E-state index in [4.69, 9.17) is 10.5 Å². The standard InChI is InChI=1S/C16H15BrN2O2/c1-21-15-5-2-10(6-14(15)17)8-19-9-11-3-4-12(18)7-13(11)16(19)20/h2-7H,8-9,18H2,1H3. The summed E-state index contributed by atoms with van der Waals surface area (Å²) in [5, 5.41) is 0. The predicted molar refractivity (Wildman–Crippen MR) is 85.1 cm³/mol. The van der Waals surface area contributed by atoms with Crippen LogP contribution in [0.3, 0.4) is 0 Å². The van der Waals surface area contributed by atoms with Crippen molar-refractivity contribution in [1.29, 1.82) is 0 Å². The number of hydrogen-bond acceptors (Lipinski definition) is 3. The number of fused-ring (bicyclic) bond motifs is 1.